The maximum atomic E-state index is 12.7. The van der Waals surface area contributed by atoms with E-state index in [4.69, 9.17) is 4.74 Å². The Morgan fingerprint density at radius 2 is 1.88 bits per heavy atom. The number of hydrogen-bond donors (Lipinski definition) is 0. The molecule has 1 aromatic rings. The number of ether oxygens (including phenoxy) is 1. The van der Waals surface area contributed by atoms with Gasteiger partial charge in [-0.05, 0) is 18.9 Å². The first-order chi connectivity index (χ1) is 11.4. The van der Waals surface area contributed by atoms with Gasteiger partial charge in [-0.1, -0.05) is 32.0 Å². The fourth-order valence-electron chi connectivity index (χ4n) is 3.19. The minimum absolute atomic E-state index is 0.000851. The van der Waals surface area contributed by atoms with Crippen LogP contribution in [0.5, 0.6) is 5.75 Å². The minimum Gasteiger partial charge on any atom is -0.496 e. The highest BCUT2D eigenvalue weighted by Gasteiger charge is 2.29. The Kier molecular flexibility index (Phi) is 6.23. The summed E-state index contributed by atoms with van der Waals surface area (Å²) in [5, 5.41) is 0. The molecule has 0 spiro atoms. The molecule has 0 N–H and O–H groups in total. The number of benzene rings is 1. The summed E-state index contributed by atoms with van der Waals surface area (Å²) in [6, 6.07) is 7.76. The van der Waals surface area contributed by atoms with Gasteiger partial charge in [-0.25, -0.2) is 0 Å². The van der Waals surface area contributed by atoms with Gasteiger partial charge in [-0.2, -0.15) is 0 Å². The second-order valence-corrected chi connectivity index (χ2v) is 6.76. The van der Waals surface area contributed by atoms with Gasteiger partial charge in [-0.15, -0.1) is 0 Å². The van der Waals surface area contributed by atoms with Crippen LogP contribution >= 0.6 is 0 Å². The van der Waals surface area contributed by atoms with Gasteiger partial charge in [0.25, 0.3) is 0 Å². The topological polar surface area (TPSA) is 49.9 Å². The minimum atomic E-state index is 0.000851. The number of carbonyl (C=O) groups excluding carboxylic acids is 2. The Morgan fingerprint density at radius 3 is 2.46 bits per heavy atom. The van der Waals surface area contributed by atoms with Crippen LogP contribution < -0.4 is 4.74 Å². The van der Waals surface area contributed by atoms with Crippen LogP contribution in [0, 0.1) is 11.8 Å². The smallest absolute Gasteiger partial charge is 0.225 e. The van der Waals surface area contributed by atoms with E-state index in [0.717, 1.165) is 24.2 Å². The molecule has 1 aliphatic rings. The van der Waals surface area contributed by atoms with Crippen molar-refractivity contribution < 1.29 is 14.3 Å². The highest BCUT2D eigenvalue weighted by molar-refractivity contribution is 5.80. The molecule has 1 saturated heterocycles. The van der Waals surface area contributed by atoms with Crippen molar-refractivity contribution in [3.8, 4) is 5.75 Å². The maximum Gasteiger partial charge on any atom is 0.225 e. The van der Waals surface area contributed by atoms with Gasteiger partial charge < -0.3 is 14.5 Å². The Morgan fingerprint density at radius 1 is 1.25 bits per heavy atom. The number of para-hydroxylation sites is 1. The first kappa shape index (κ1) is 18.3. The molecular formula is C19H28N2O3. The number of amides is 2. The zero-order valence-corrected chi connectivity index (χ0v) is 15.1. The molecule has 1 fully saturated rings. The van der Waals surface area contributed by atoms with Crippen LogP contribution in [0.4, 0.5) is 0 Å². The molecule has 0 aromatic heterocycles. The summed E-state index contributed by atoms with van der Waals surface area (Å²) in [5.41, 5.74) is 1.00. The Labute approximate surface area is 144 Å². The van der Waals surface area contributed by atoms with Crippen molar-refractivity contribution >= 4 is 11.8 Å². The largest absolute Gasteiger partial charge is 0.496 e. The number of hydrogen-bond acceptors (Lipinski definition) is 3. The molecule has 2 amide bonds. The van der Waals surface area contributed by atoms with Crippen molar-refractivity contribution in [2.24, 2.45) is 11.8 Å². The predicted molar refractivity (Wildman–Crippen MR) is 93.6 cm³/mol. The van der Waals surface area contributed by atoms with Crippen molar-refractivity contribution in [1.82, 2.24) is 9.80 Å². The fraction of sp³-hybridized carbons (Fsp3) is 0.579. The molecular weight excluding hydrogens is 304 g/mol. The summed E-state index contributed by atoms with van der Waals surface area (Å²) in [5.74, 6) is 1.15. The number of nitrogens with zero attached hydrogens (tertiary/aromatic N) is 2. The van der Waals surface area contributed by atoms with Crippen molar-refractivity contribution in [3.05, 3.63) is 29.8 Å². The zero-order valence-electron chi connectivity index (χ0n) is 15.1. The summed E-state index contributed by atoms with van der Waals surface area (Å²) >= 11 is 0. The monoisotopic (exact) mass is 332 g/mol. The Hall–Kier alpha value is -2.04. The third-order valence-electron chi connectivity index (χ3n) is 4.63. The van der Waals surface area contributed by atoms with Crippen LogP contribution in [-0.2, 0) is 16.1 Å². The number of piperidine rings is 1. The highest BCUT2D eigenvalue weighted by Crippen LogP contribution is 2.23. The summed E-state index contributed by atoms with van der Waals surface area (Å²) < 4.78 is 5.35. The van der Waals surface area contributed by atoms with Crippen molar-refractivity contribution in [2.75, 3.05) is 27.2 Å². The number of rotatable bonds is 5. The summed E-state index contributed by atoms with van der Waals surface area (Å²) in [7, 11) is 3.47. The summed E-state index contributed by atoms with van der Waals surface area (Å²) in [4.78, 5) is 28.4. The standard InChI is InChI=1S/C19H28N2O3/c1-14(2)18(22)21-11-9-15(10-12-21)19(23)20(3)13-16-7-5-6-8-17(16)24-4/h5-8,14-15H,9-13H2,1-4H3. The maximum absolute atomic E-state index is 12.7. The third kappa shape index (κ3) is 4.28. The molecule has 0 saturated carbocycles. The molecule has 0 radical (unpaired) electrons. The molecule has 1 aliphatic heterocycles. The quantitative estimate of drug-likeness (QED) is 0.832. The molecule has 0 unspecified atom stereocenters. The lowest BCUT2D eigenvalue weighted by molar-refractivity contribution is -0.141. The van der Waals surface area contributed by atoms with E-state index in [1.807, 2.05) is 50.1 Å². The molecule has 0 bridgehead atoms. The van der Waals surface area contributed by atoms with Gasteiger partial charge in [0.15, 0.2) is 0 Å². The zero-order chi connectivity index (χ0) is 17.7. The van der Waals surface area contributed by atoms with E-state index < -0.39 is 0 Å². The molecule has 5 nitrogen and oxygen atoms in total. The SMILES string of the molecule is COc1ccccc1CN(C)C(=O)C1CCN(C(=O)C(C)C)CC1. The number of methoxy groups -OCH3 is 1. The average molecular weight is 332 g/mol. The number of likely N-dealkylation sites (tertiary alicyclic amines) is 1. The van der Waals surface area contributed by atoms with Gasteiger partial charge in [0.2, 0.25) is 11.8 Å². The first-order valence-corrected chi connectivity index (χ1v) is 8.59. The second kappa shape index (κ2) is 8.18. The summed E-state index contributed by atoms with van der Waals surface area (Å²) in [6.45, 7) is 5.72. The van der Waals surface area contributed by atoms with E-state index in [-0.39, 0.29) is 23.7 Å². The third-order valence-corrected chi connectivity index (χ3v) is 4.63. The molecule has 0 aliphatic carbocycles. The lowest BCUT2D eigenvalue weighted by Crippen LogP contribution is -2.44. The van der Waals surface area contributed by atoms with Crippen LogP contribution in [0.15, 0.2) is 24.3 Å². The highest BCUT2D eigenvalue weighted by atomic mass is 16.5. The fourth-order valence-corrected chi connectivity index (χ4v) is 3.19. The normalized spacial score (nSPS) is 15.5. The van der Waals surface area contributed by atoms with E-state index in [9.17, 15) is 9.59 Å². The second-order valence-electron chi connectivity index (χ2n) is 6.76. The lowest BCUT2D eigenvalue weighted by atomic mass is 9.94. The van der Waals surface area contributed by atoms with E-state index in [1.165, 1.54) is 0 Å². The average Bonchev–Trinajstić information content (AvgIpc) is 2.60. The van der Waals surface area contributed by atoms with Gasteiger partial charge >= 0.3 is 0 Å². The molecule has 1 heterocycles. The lowest BCUT2D eigenvalue weighted by Gasteiger charge is -2.34. The molecule has 132 valence electrons. The molecule has 24 heavy (non-hydrogen) atoms. The molecule has 1 aromatic carbocycles. The van der Waals surface area contributed by atoms with Crippen LogP contribution in [0.3, 0.4) is 0 Å². The van der Waals surface area contributed by atoms with Crippen molar-refractivity contribution in [2.45, 2.75) is 33.2 Å². The summed E-state index contributed by atoms with van der Waals surface area (Å²) in [6.07, 6.45) is 1.49. The van der Waals surface area contributed by atoms with E-state index in [0.29, 0.717) is 19.6 Å². The molecule has 0 atom stereocenters. The van der Waals surface area contributed by atoms with Gasteiger partial charge in [0.05, 0.1) is 7.11 Å². The van der Waals surface area contributed by atoms with Gasteiger partial charge in [0, 0.05) is 44.1 Å². The Balaban J connectivity index is 1.91. The van der Waals surface area contributed by atoms with E-state index >= 15 is 0 Å². The molecule has 2 rings (SSSR count). The first-order valence-electron chi connectivity index (χ1n) is 8.59. The van der Waals surface area contributed by atoms with Gasteiger partial charge in [-0.3, -0.25) is 9.59 Å². The predicted octanol–water partition coefficient (Wildman–Crippen LogP) is 2.55. The Bertz CT molecular complexity index is 578. The van der Waals surface area contributed by atoms with E-state index in [1.54, 1.807) is 12.0 Å². The molecule has 5 heteroatoms. The van der Waals surface area contributed by atoms with Gasteiger partial charge in [0.1, 0.15) is 5.75 Å². The van der Waals surface area contributed by atoms with Crippen molar-refractivity contribution in [3.63, 3.8) is 0 Å². The van der Waals surface area contributed by atoms with Crippen molar-refractivity contribution in [1.29, 1.82) is 0 Å². The van der Waals surface area contributed by atoms with Crippen LogP contribution in [0.1, 0.15) is 32.3 Å². The van der Waals surface area contributed by atoms with Crippen LogP contribution in [-0.4, -0.2) is 48.9 Å². The number of carbonyl (C=O) groups is 2. The van der Waals surface area contributed by atoms with Crippen LogP contribution in [0.2, 0.25) is 0 Å². The van der Waals surface area contributed by atoms with Crippen LogP contribution in [0.25, 0.3) is 0 Å². The van der Waals surface area contributed by atoms with E-state index in [2.05, 4.69) is 0 Å².